The largest absolute Gasteiger partial charge is 0.353 e. The number of piperazine rings is 1. The number of rotatable bonds is 1. The number of anilines is 1. The monoisotopic (exact) mass is 280 g/mol. The van der Waals surface area contributed by atoms with Gasteiger partial charge in [-0.05, 0) is 33.0 Å². The van der Waals surface area contributed by atoms with Crippen LogP contribution in [-0.4, -0.2) is 42.1 Å². The van der Waals surface area contributed by atoms with Crippen molar-refractivity contribution in [3.8, 4) is 6.07 Å². The molecule has 0 radical (unpaired) electrons. The molecular weight excluding hydrogens is 260 g/mol. The summed E-state index contributed by atoms with van der Waals surface area (Å²) in [5, 5.41) is 10.3. The van der Waals surface area contributed by atoms with Crippen molar-refractivity contribution in [1.82, 2.24) is 9.88 Å². The Balaban J connectivity index is 2.04. The van der Waals surface area contributed by atoms with Crippen molar-refractivity contribution >= 4 is 16.7 Å². The van der Waals surface area contributed by atoms with Crippen molar-refractivity contribution in [2.24, 2.45) is 0 Å². The quantitative estimate of drug-likeness (QED) is 0.805. The zero-order valence-electron chi connectivity index (χ0n) is 12.8. The lowest BCUT2D eigenvalue weighted by Crippen LogP contribution is -2.57. The lowest BCUT2D eigenvalue weighted by Gasteiger charge is -2.45. The van der Waals surface area contributed by atoms with Gasteiger partial charge in [0.1, 0.15) is 5.82 Å². The Morgan fingerprint density at radius 3 is 2.71 bits per heavy atom. The van der Waals surface area contributed by atoms with Crippen molar-refractivity contribution in [3.63, 3.8) is 0 Å². The van der Waals surface area contributed by atoms with E-state index in [9.17, 15) is 5.26 Å². The molecule has 1 aromatic carbocycles. The van der Waals surface area contributed by atoms with Crippen molar-refractivity contribution in [3.05, 3.63) is 35.9 Å². The van der Waals surface area contributed by atoms with Crippen LogP contribution in [0.15, 0.2) is 30.3 Å². The molecule has 1 aromatic heterocycles. The fourth-order valence-corrected chi connectivity index (χ4v) is 2.85. The smallest absolute Gasteiger partial charge is 0.130 e. The number of pyridine rings is 1. The third-order valence-corrected chi connectivity index (χ3v) is 4.46. The standard InChI is InChI=1S/C17H20N4/c1-17(2)12-21(9-8-20(17)3)16-10-13(11-18)14-6-4-5-7-15(14)19-16/h4-7,10H,8-9,12H2,1-3H3. The summed E-state index contributed by atoms with van der Waals surface area (Å²) in [6.45, 7) is 7.34. The Bertz CT molecular complexity index is 714. The van der Waals surface area contributed by atoms with Crippen LogP contribution < -0.4 is 4.90 Å². The fraction of sp³-hybridized carbons (Fsp3) is 0.412. The van der Waals surface area contributed by atoms with Crippen molar-refractivity contribution in [1.29, 1.82) is 5.26 Å². The first-order chi connectivity index (χ1) is 10.0. The maximum atomic E-state index is 9.40. The van der Waals surface area contributed by atoms with Gasteiger partial charge in [0.15, 0.2) is 0 Å². The van der Waals surface area contributed by atoms with Crippen LogP contribution in [0.4, 0.5) is 5.82 Å². The van der Waals surface area contributed by atoms with E-state index in [1.54, 1.807) is 0 Å². The molecule has 1 saturated heterocycles. The lowest BCUT2D eigenvalue weighted by molar-refractivity contribution is 0.138. The molecule has 1 fully saturated rings. The summed E-state index contributed by atoms with van der Waals surface area (Å²) in [5.41, 5.74) is 1.70. The molecule has 108 valence electrons. The van der Waals surface area contributed by atoms with Crippen LogP contribution in [0.25, 0.3) is 10.9 Å². The number of aromatic nitrogens is 1. The van der Waals surface area contributed by atoms with Crippen molar-refractivity contribution < 1.29 is 0 Å². The minimum atomic E-state index is 0.110. The van der Waals surface area contributed by atoms with E-state index >= 15 is 0 Å². The Hall–Kier alpha value is -2.12. The highest BCUT2D eigenvalue weighted by Gasteiger charge is 2.31. The third-order valence-electron chi connectivity index (χ3n) is 4.46. The molecule has 1 aliphatic rings. The number of benzene rings is 1. The zero-order valence-corrected chi connectivity index (χ0v) is 12.8. The second-order valence-electron chi connectivity index (χ2n) is 6.31. The average molecular weight is 280 g/mol. The molecule has 0 unspecified atom stereocenters. The van der Waals surface area contributed by atoms with Gasteiger partial charge in [-0.2, -0.15) is 5.26 Å². The van der Waals surface area contributed by atoms with Gasteiger partial charge in [0.25, 0.3) is 0 Å². The number of hydrogen-bond donors (Lipinski definition) is 0. The van der Waals surface area contributed by atoms with Crippen LogP contribution >= 0.6 is 0 Å². The topological polar surface area (TPSA) is 43.2 Å². The highest BCUT2D eigenvalue weighted by atomic mass is 15.3. The van der Waals surface area contributed by atoms with Gasteiger partial charge in [-0.25, -0.2) is 4.98 Å². The summed E-state index contributed by atoms with van der Waals surface area (Å²) in [5.74, 6) is 0.909. The Kier molecular flexibility index (Phi) is 3.30. The number of nitrogens with zero attached hydrogens (tertiary/aromatic N) is 4. The molecule has 0 N–H and O–H groups in total. The summed E-state index contributed by atoms with van der Waals surface area (Å²) in [4.78, 5) is 9.41. The molecule has 2 heterocycles. The molecule has 0 bridgehead atoms. The highest BCUT2D eigenvalue weighted by molar-refractivity contribution is 5.86. The van der Waals surface area contributed by atoms with E-state index in [1.807, 2.05) is 30.3 Å². The van der Waals surface area contributed by atoms with E-state index in [0.29, 0.717) is 5.56 Å². The van der Waals surface area contributed by atoms with E-state index in [4.69, 9.17) is 4.98 Å². The van der Waals surface area contributed by atoms with Gasteiger partial charge in [-0.1, -0.05) is 18.2 Å². The van der Waals surface area contributed by atoms with Crippen LogP contribution in [0.1, 0.15) is 19.4 Å². The van der Waals surface area contributed by atoms with E-state index in [2.05, 4.69) is 36.8 Å². The van der Waals surface area contributed by atoms with Gasteiger partial charge < -0.3 is 4.90 Å². The molecule has 0 atom stereocenters. The first-order valence-electron chi connectivity index (χ1n) is 7.27. The first kappa shape index (κ1) is 13.8. The average Bonchev–Trinajstić information content (AvgIpc) is 2.48. The zero-order chi connectivity index (χ0) is 15.0. The van der Waals surface area contributed by atoms with Gasteiger partial charge in [0, 0.05) is 30.6 Å². The summed E-state index contributed by atoms with van der Waals surface area (Å²) in [6, 6.07) is 12.1. The van der Waals surface area contributed by atoms with Crippen molar-refractivity contribution in [2.45, 2.75) is 19.4 Å². The first-order valence-corrected chi connectivity index (χ1v) is 7.27. The SMILES string of the molecule is CN1CCN(c2cc(C#N)c3ccccc3n2)CC1(C)C. The van der Waals surface area contributed by atoms with Crippen LogP contribution in [0.2, 0.25) is 0 Å². The number of nitriles is 1. The van der Waals surface area contributed by atoms with Gasteiger partial charge >= 0.3 is 0 Å². The summed E-state index contributed by atoms with van der Waals surface area (Å²) < 4.78 is 0. The summed E-state index contributed by atoms with van der Waals surface area (Å²) >= 11 is 0. The van der Waals surface area contributed by atoms with E-state index in [1.165, 1.54) is 0 Å². The van der Waals surface area contributed by atoms with Crippen molar-refractivity contribution in [2.75, 3.05) is 31.6 Å². The van der Waals surface area contributed by atoms with Gasteiger partial charge in [-0.3, -0.25) is 4.90 Å². The van der Waals surface area contributed by atoms with Gasteiger partial charge in [-0.15, -0.1) is 0 Å². The fourth-order valence-electron chi connectivity index (χ4n) is 2.85. The summed E-state index contributed by atoms with van der Waals surface area (Å²) in [6.07, 6.45) is 0. The second-order valence-corrected chi connectivity index (χ2v) is 6.31. The molecule has 1 aliphatic heterocycles. The maximum absolute atomic E-state index is 9.40. The Morgan fingerprint density at radius 1 is 1.24 bits per heavy atom. The normalized spacial score (nSPS) is 18.7. The van der Waals surface area contributed by atoms with Crippen LogP contribution in [-0.2, 0) is 0 Å². The predicted molar refractivity (Wildman–Crippen MR) is 85.4 cm³/mol. The molecule has 0 spiro atoms. The predicted octanol–water partition coefficient (Wildman–Crippen LogP) is 2.64. The number of hydrogen-bond acceptors (Lipinski definition) is 4. The minimum Gasteiger partial charge on any atom is -0.353 e. The van der Waals surface area contributed by atoms with Gasteiger partial charge in [0.2, 0.25) is 0 Å². The van der Waals surface area contributed by atoms with E-state index in [0.717, 1.165) is 36.4 Å². The molecular formula is C17H20N4. The van der Waals surface area contributed by atoms with E-state index < -0.39 is 0 Å². The molecule has 2 aromatic rings. The second kappa shape index (κ2) is 5.01. The minimum absolute atomic E-state index is 0.110. The lowest BCUT2D eigenvalue weighted by atomic mass is 9.99. The number of para-hydroxylation sites is 1. The number of fused-ring (bicyclic) bond motifs is 1. The van der Waals surface area contributed by atoms with E-state index in [-0.39, 0.29) is 5.54 Å². The number of likely N-dealkylation sites (N-methyl/N-ethyl adjacent to an activating group) is 1. The van der Waals surface area contributed by atoms with Crippen LogP contribution in [0.5, 0.6) is 0 Å². The highest BCUT2D eigenvalue weighted by Crippen LogP contribution is 2.26. The molecule has 21 heavy (non-hydrogen) atoms. The molecule has 3 rings (SSSR count). The maximum Gasteiger partial charge on any atom is 0.130 e. The summed E-state index contributed by atoms with van der Waals surface area (Å²) in [7, 11) is 2.16. The van der Waals surface area contributed by atoms with Crippen LogP contribution in [0.3, 0.4) is 0 Å². The van der Waals surface area contributed by atoms with Gasteiger partial charge in [0.05, 0.1) is 17.1 Å². The molecule has 4 heteroatoms. The third kappa shape index (κ3) is 2.45. The Labute approximate surface area is 125 Å². The van der Waals surface area contributed by atoms with Crippen LogP contribution in [0, 0.1) is 11.3 Å². The Morgan fingerprint density at radius 2 is 2.00 bits per heavy atom. The molecule has 0 aliphatic carbocycles. The molecule has 4 nitrogen and oxygen atoms in total. The molecule has 0 saturated carbocycles. The molecule has 0 amide bonds.